The largest absolute Gasteiger partial charge is 1.00 e. The van der Waals surface area contributed by atoms with E-state index in [1.165, 1.54) is 56.3 Å². The van der Waals surface area contributed by atoms with E-state index in [9.17, 15) is 0 Å². The zero-order chi connectivity index (χ0) is 13.4. The van der Waals surface area contributed by atoms with Crippen LogP contribution in [0.4, 0.5) is 5.69 Å². The topological polar surface area (TPSA) is 0 Å². The SMILES string of the molecule is CCCCCCCC[N+](C)(C)c1ccccc1C.[Cl-]. The summed E-state index contributed by atoms with van der Waals surface area (Å²) >= 11 is 0. The minimum Gasteiger partial charge on any atom is -1.00 e. The number of halogens is 1. The highest BCUT2D eigenvalue weighted by molar-refractivity contribution is 5.48. The first-order valence-corrected chi connectivity index (χ1v) is 7.47. The van der Waals surface area contributed by atoms with Gasteiger partial charge in [-0.1, -0.05) is 50.8 Å². The predicted octanol–water partition coefficient (Wildman–Crippen LogP) is 1.93. The number of hydrogen-bond acceptors (Lipinski definition) is 0. The Labute approximate surface area is 126 Å². The molecule has 0 fully saturated rings. The second-order valence-corrected chi connectivity index (χ2v) is 5.96. The molecule has 0 saturated heterocycles. The summed E-state index contributed by atoms with van der Waals surface area (Å²) in [6, 6.07) is 8.77. The van der Waals surface area contributed by atoms with Crippen LogP contribution < -0.4 is 16.9 Å². The van der Waals surface area contributed by atoms with Crippen molar-refractivity contribution in [1.29, 1.82) is 0 Å². The molecule has 1 nitrogen and oxygen atoms in total. The van der Waals surface area contributed by atoms with Crippen molar-refractivity contribution in [3.8, 4) is 0 Å². The molecule has 0 bridgehead atoms. The van der Waals surface area contributed by atoms with Gasteiger partial charge in [0.2, 0.25) is 0 Å². The average Bonchev–Trinajstić information content (AvgIpc) is 2.34. The van der Waals surface area contributed by atoms with E-state index in [0.717, 1.165) is 4.48 Å². The third-order valence-corrected chi connectivity index (χ3v) is 3.84. The first-order chi connectivity index (χ1) is 8.58. The van der Waals surface area contributed by atoms with Crippen LogP contribution in [0.15, 0.2) is 24.3 Å². The van der Waals surface area contributed by atoms with Gasteiger partial charge in [-0.15, -0.1) is 0 Å². The molecule has 0 saturated carbocycles. The van der Waals surface area contributed by atoms with E-state index in [0.29, 0.717) is 0 Å². The van der Waals surface area contributed by atoms with Crippen LogP contribution in [-0.4, -0.2) is 20.6 Å². The van der Waals surface area contributed by atoms with Crippen LogP contribution >= 0.6 is 0 Å². The van der Waals surface area contributed by atoms with Crippen molar-refractivity contribution in [2.24, 2.45) is 0 Å². The molecule has 0 aliphatic heterocycles. The summed E-state index contributed by atoms with van der Waals surface area (Å²) in [5.74, 6) is 0. The van der Waals surface area contributed by atoms with Crippen LogP contribution in [0.5, 0.6) is 0 Å². The molecule has 1 rings (SSSR count). The maximum atomic E-state index is 2.33. The summed E-state index contributed by atoms with van der Waals surface area (Å²) in [4.78, 5) is 0. The van der Waals surface area contributed by atoms with Crippen LogP contribution in [0.3, 0.4) is 0 Å². The number of para-hydroxylation sites is 1. The molecule has 0 N–H and O–H groups in total. The van der Waals surface area contributed by atoms with Gasteiger partial charge in [0, 0.05) is 5.56 Å². The predicted molar refractivity (Wildman–Crippen MR) is 83.1 cm³/mol. The number of quaternary nitrogens is 1. The zero-order valence-electron chi connectivity index (χ0n) is 13.1. The van der Waals surface area contributed by atoms with Crippen LogP contribution in [0.25, 0.3) is 0 Å². The molecule has 0 atom stereocenters. The summed E-state index contributed by atoms with van der Waals surface area (Å²) in [6.07, 6.45) is 8.27. The second kappa shape index (κ2) is 9.39. The highest BCUT2D eigenvalue weighted by atomic mass is 35.5. The molecule has 1 aromatic rings. The first-order valence-electron chi connectivity index (χ1n) is 7.47. The molecule has 0 unspecified atom stereocenters. The Balaban J connectivity index is 0.00000324. The van der Waals surface area contributed by atoms with Gasteiger partial charge < -0.3 is 12.4 Å². The van der Waals surface area contributed by atoms with Crippen molar-refractivity contribution >= 4 is 5.69 Å². The molecule has 0 amide bonds. The second-order valence-electron chi connectivity index (χ2n) is 5.96. The monoisotopic (exact) mass is 283 g/mol. The third kappa shape index (κ3) is 6.44. The van der Waals surface area contributed by atoms with Crippen LogP contribution in [0.1, 0.15) is 51.0 Å². The lowest BCUT2D eigenvalue weighted by molar-refractivity contribution is -0.00000415. The highest BCUT2D eigenvalue weighted by Gasteiger charge is 2.19. The van der Waals surface area contributed by atoms with Gasteiger partial charge in [0.05, 0.1) is 20.6 Å². The van der Waals surface area contributed by atoms with Gasteiger partial charge in [0.1, 0.15) is 5.69 Å². The fraction of sp³-hybridized carbons (Fsp3) is 0.647. The Bertz CT molecular complexity index is 347. The van der Waals surface area contributed by atoms with E-state index in [1.54, 1.807) is 0 Å². The minimum atomic E-state index is 0. The minimum absolute atomic E-state index is 0. The fourth-order valence-electron chi connectivity index (χ4n) is 2.65. The lowest BCUT2D eigenvalue weighted by Gasteiger charge is -2.30. The molecule has 19 heavy (non-hydrogen) atoms. The van der Waals surface area contributed by atoms with E-state index in [-0.39, 0.29) is 12.4 Å². The summed E-state index contributed by atoms with van der Waals surface area (Å²) in [5.41, 5.74) is 2.87. The Kier molecular flexibility index (Phi) is 9.12. The number of unbranched alkanes of at least 4 members (excludes halogenated alkanes) is 5. The van der Waals surface area contributed by atoms with Crippen molar-refractivity contribution in [3.05, 3.63) is 29.8 Å². The number of benzene rings is 1. The first kappa shape index (κ1) is 18.5. The number of hydrogen-bond donors (Lipinski definition) is 0. The highest BCUT2D eigenvalue weighted by Crippen LogP contribution is 2.24. The lowest BCUT2D eigenvalue weighted by atomic mass is 10.1. The zero-order valence-corrected chi connectivity index (χ0v) is 13.8. The Morgan fingerprint density at radius 2 is 1.47 bits per heavy atom. The molecular weight excluding hydrogens is 254 g/mol. The molecule has 0 aromatic heterocycles. The maximum absolute atomic E-state index is 2.33. The van der Waals surface area contributed by atoms with Crippen molar-refractivity contribution in [3.63, 3.8) is 0 Å². The van der Waals surface area contributed by atoms with E-state index in [2.05, 4.69) is 52.2 Å². The molecule has 0 radical (unpaired) electrons. The van der Waals surface area contributed by atoms with Crippen molar-refractivity contribution in [2.75, 3.05) is 20.6 Å². The number of rotatable bonds is 8. The van der Waals surface area contributed by atoms with Gasteiger partial charge in [-0.2, -0.15) is 0 Å². The summed E-state index contributed by atoms with van der Waals surface area (Å²) in [6.45, 7) is 5.74. The Morgan fingerprint density at radius 1 is 0.895 bits per heavy atom. The smallest absolute Gasteiger partial charge is 0.135 e. The van der Waals surface area contributed by atoms with E-state index in [4.69, 9.17) is 0 Å². The Morgan fingerprint density at radius 3 is 2.11 bits per heavy atom. The molecule has 0 aliphatic rings. The van der Waals surface area contributed by atoms with Gasteiger partial charge in [0.15, 0.2) is 0 Å². The van der Waals surface area contributed by atoms with E-state index < -0.39 is 0 Å². The Hall–Kier alpha value is -0.530. The van der Waals surface area contributed by atoms with Crippen molar-refractivity contribution in [1.82, 2.24) is 4.48 Å². The number of aryl methyl sites for hydroxylation is 1. The molecule has 0 aliphatic carbocycles. The fourth-order valence-corrected chi connectivity index (χ4v) is 2.65. The summed E-state index contributed by atoms with van der Waals surface area (Å²) in [5, 5.41) is 0. The van der Waals surface area contributed by atoms with Crippen LogP contribution in [0.2, 0.25) is 0 Å². The molecule has 110 valence electrons. The lowest BCUT2D eigenvalue weighted by Crippen LogP contribution is -3.00. The normalized spacial score (nSPS) is 11.2. The number of nitrogens with zero attached hydrogens (tertiary/aromatic N) is 1. The molecule has 0 spiro atoms. The third-order valence-electron chi connectivity index (χ3n) is 3.84. The molecule has 0 heterocycles. The average molecular weight is 284 g/mol. The van der Waals surface area contributed by atoms with Crippen LogP contribution in [-0.2, 0) is 0 Å². The van der Waals surface area contributed by atoms with Gasteiger partial charge >= 0.3 is 0 Å². The van der Waals surface area contributed by atoms with Crippen LogP contribution in [0, 0.1) is 6.92 Å². The maximum Gasteiger partial charge on any atom is 0.135 e. The molecule has 1 aromatic carbocycles. The summed E-state index contributed by atoms with van der Waals surface area (Å²) in [7, 11) is 4.66. The summed E-state index contributed by atoms with van der Waals surface area (Å²) < 4.78 is 1.01. The van der Waals surface area contributed by atoms with E-state index >= 15 is 0 Å². The van der Waals surface area contributed by atoms with Gasteiger partial charge in [-0.05, 0) is 25.8 Å². The van der Waals surface area contributed by atoms with E-state index in [1.807, 2.05) is 0 Å². The van der Waals surface area contributed by atoms with Gasteiger partial charge in [-0.3, -0.25) is 4.48 Å². The van der Waals surface area contributed by atoms with Gasteiger partial charge in [0.25, 0.3) is 0 Å². The van der Waals surface area contributed by atoms with Gasteiger partial charge in [-0.25, -0.2) is 0 Å². The quantitative estimate of drug-likeness (QED) is 0.505. The van der Waals surface area contributed by atoms with Crippen molar-refractivity contribution < 1.29 is 12.4 Å². The molecular formula is C17H30ClN. The molecule has 2 heteroatoms. The standard InChI is InChI=1S/C17H30N.ClH/c1-5-6-7-8-9-12-15-18(3,4)17-14-11-10-13-16(17)2;/h10-11,13-14H,5-9,12,15H2,1-4H3;1H/q+1;/p-1. The van der Waals surface area contributed by atoms with Crippen molar-refractivity contribution in [2.45, 2.75) is 52.4 Å².